The lowest BCUT2D eigenvalue weighted by Crippen LogP contribution is -2.43. The number of hydrogen-bond acceptors (Lipinski definition) is 3. The van der Waals surface area contributed by atoms with Crippen molar-refractivity contribution >= 4 is 5.91 Å². The molecule has 0 aliphatic rings. The van der Waals surface area contributed by atoms with Crippen LogP contribution < -0.4 is 16.6 Å². The van der Waals surface area contributed by atoms with Gasteiger partial charge in [-0.15, -0.1) is 0 Å². The van der Waals surface area contributed by atoms with Crippen molar-refractivity contribution in [2.75, 3.05) is 6.54 Å². The van der Waals surface area contributed by atoms with Gasteiger partial charge in [-0.25, -0.2) is 0 Å². The molecule has 0 aliphatic carbocycles. The summed E-state index contributed by atoms with van der Waals surface area (Å²) in [5.74, 6) is 0.00217. The molecule has 1 rings (SSSR count). The van der Waals surface area contributed by atoms with E-state index >= 15 is 0 Å². The average Bonchev–Trinajstić information content (AvgIpc) is 2.28. The van der Waals surface area contributed by atoms with Crippen molar-refractivity contribution in [1.29, 1.82) is 0 Å². The molecule has 17 heavy (non-hydrogen) atoms. The van der Waals surface area contributed by atoms with E-state index in [1.807, 2.05) is 13.8 Å². The number of rotatable bonds is 4. The van der Waals surface area contributed by atoms with Crippen LogP contribution in [0.15, 0.2) is 23.1 Å². The van der Waals surface area contributed by atoms with Crippen LogP contribution in [-0.2, 0) is 7.05 Å². The second-order valence-electron chi connectivity index (χ2n) is 4.42. The zero-order chi connectivity index (χ0) is 13.0. The summed E-state index contributed by atoms with van der Waals surface area (Å²) in [6, 6.07) is 2.86. The molecule has 1 aromatic rings. The minimum atomic E-state index is -0.258. The van der Waals surface area contributed by atoms with E-state index in [0.717, 1.165) is 0 Å². The molecule has 1 atom stereocenters. The molecule has 0 spiro atoms. The largest absolute Gasteiger partial charge is 0.348 e. The Balaban J connectivity index is 2.83. The summed E-state index contributed by atoms with van der Waals surface area (Å²) < 4.78 is 1.42. The minimum absolute atomic E-state index is 0.0773. The molecule has 1 heterocycles. The third kappa shape index (κ3) is 3.42. The molecule has 5 nitrogen and oxygen atoms in total. The molecule has 0 fully saturated rings. The predicted octanol–water partition coefficient (Wildman–Crippen LogP) is 0.0984. The quantitative estimate of drug-likeness (QED) is 0.779. The van der Waals surface area contributed by atoms with Gasteiger partial charge in [-0.05, 0) is 12.0 Å². The molecule has 1 aromatic heterocycles. The Kier molecular flexibility index (Phi) is 4.45. The van der Waals surface area contributed by atoms with Gasteiger partial charge in [-0.3, -0.25) is 9.59 Å². The number of amides is 1. The minimum Gasteiger partial charge on any atom is -0.348 e. The number of aromatic nitrogens is 1. The molecule has 0 radical (unpaired) electrons. The summed E-state index contributed by atoms with van der Waals surface area (Å²) in [5.41, 5.74) is 5.74. The fourth-order valence-electron chi connectivity index (χ4n) is 1.44. The van der Waals surface area contributed by atoms with Crippen LogP contribution in [0.2, 0.25) is 0 Å². The first-order valence-corrected chi connectivity index (χ1v) is 5.63. The summed E-state index contributed by atoms with van der Waals surface area (Å²) >= 11 is 0. The van der Waals surface area contributed by atoms with E-state index in [2.05, 4.69) is 5.32 Å². The number of pyridine rings is 1. The topological polar surface area (TPSA) is 77.1 Å². The van der Waals surface area contributed by atoms with Crippen molar-refractivity contribution in [2.24, 2.45) is 18.7 Å². The molecule has 0 saturated carbocycles. The van der Waals surface area contributed by atoms with Crippen molar-refractivity contribution < 1.29 is 4.79 Å². The number of carbonyl (C=O) groups is 1. The second kappa shape index (κ2) is 5.63. The lowest BCUT2D eigenvalue weighted by atomic mass is 10.0. The van der Waals surface area contributed by atoms with Gasteiger partial charge >= 0.3 is 0 Å². The standard InChI is InChI=1S/C12H19N3O2/c1-8(2)10(7-13)14-12(17)9-4-5-15(3)11(16)6-9/h4-6,8,10H,7,13H2,1-3H3,(H,14,17). The van der Waals surface area contributed by atoms with Crippen molar-refractivity contribution in [3.05, 3.63) is 34.2 Å². The third-order valence-corrected chi connectivity index (χ3v) is 2.74. The molecule has 1 unspecified atom stereocenters. The fourth-order valence-corrected chi connectivity index (χ4v) is 1.44. The Labute approximate surface area is 101 Å². The van der Waals surface area contributed by atoms with Crippen LogP contribution in [0.4, 0.5) is 0 Å². The first-order valence-electron chi connectivity index (χ1n) is 5.63. The zero-order valence-electron chi connectivity index (χ0n) is 10.4. The van der Waals surface area contributed by atoms with Crippen molar-refractivity contribution in [3.63, 3.8) is 0 Å². The highest BCUT2D eigenvalue weighted by Crippen LogP contribution is 2.02. The van der Waals surface area contributed by atoms with E-state index in [-0.39, 0.29) is 23.4 Å². The Morgan fingerprint density at radius 2 is 2.18 bits per heavy atom. The molecule has 1 amide bonds. The summed E-state index contributed by atoms with van der Waals surface area (Å²) in [7, 11) is 1.64. The van der Waals surface area contributed by atoms with E-state index in [4.69, 9.17) is 5.73 Å². The number of carbonyl (C=O) groups excluding carboxylic acids is 1. The SMILES string of the molecule is CC(C)C(CN)NC(=O)c1ccn(C)c(=O)c1. The predicted molar refractivity (Wildman–Crippen MR) is 66.8 cm³/mol. The van der Waals surface area contributed by atoms with Crippen LogP contribution >= 0.6 is 0 Å². The monoisotopic (exact) mass is 237 g/mol. The number of nitrogens with one attached hydrogen (secondary N) is 1. The van der Waals surface area contributed by atoms with Crippen LogP contribution in [0.25, 0.3) is 0 Å². The van der Waals surface area contributed by atoms with Crippen molar-refractivity contribution in [2.45, 2.75) is 19.9 Å². The van der Waals surface area contributed by atoms with E-state index in [9.17, 15) is 9.59 Å². The Morgan fingerprint density at radius 3 is 2.65 bits per heavy atom. The maximum Gasteiger partial charge on any atom is 0.251 e. The van der Waals surface area contributed by atoms with Crippen LogP contribution in [0, 0.1) is 5.92 Å². The van der Waals surface area contributed by atoms with Gasteiger partial charge in [-0.1, -0.05) is 13.8 Å². The summed E-state index contributed by atoms with van der Waals surface area (Å²) in [6.45, 7) is 4.36. The molecule has 94 valence electrons. The molecular weight excluding hydrogens is 218 g/mol. The number of hydrogen-bond donors (Lipinski definition) is 2. The lowest BCUT2D eigenvalue weighted by Gasteiger charge is -2.20. The second-order valence-corrected chi connectivity index (χ2v) is 4.42. The first kappa shape index (κ1) is 13.4. The van der Waals surface area contributed by atoms with Crippen LogP contribution in [0.3, 0.4) is 0 Å². The van der Waals surface area contributed by atoms with Gasteiger partial charge in [0.05, 0.1) is 0 Å². The highest BCUT2D eigenvalue weighted by molar-refractivity contribution is 5.94. The van der Waals surface area contributed by atoms with Gasteiger partial charge in [-0.2, -0.15) is 0 Å². The molecule has 3 N–H and O–H groups in total. The number of aryl methyl sites for hydroxylation is 1. The molecule has 0 saturated heterocycles. The van der Waals surface area contributed by atoms with E-state index in [1.165, 1.54) is 10.6 Å². The zero-order valence-corrected chi connectivity index (χ0v) is 10.4. The molecule has 0 bridgehead atoms. The van der Waals surface area contributed by atoms with E-state index in [0.29, 0.717) is 12.1 Å². The highest BCUT2D eigenvalue weighted by atomic mass is 16.2. The average molecular weight is 237 g/mol. The number of nitrogens with zero attached hydrogens (tertiary/aromatic N) is 1. The van der Waals surface area contributed by atoms with Crippen LogP contribution in [0.1, 0.15) is 24.2 Å². The van der Waals surface area contributed by atoms with Crippen molar-refractivity contribution in [3.8, 4) is 0 Å². The normalized spacial score (nSPS) is 12.5. The molecule has 0 aromatic carbocycles. The molecule has 5 heteroatoms. The van der Waals surface area contributed by atoms with Gasteiger partial charge in [0, 0.05) is 37.5 Å². The Bertz CT molecular complexity index is 451. The van der Waals surface area contributed by atoms with Gasteiger partial charge in [0.2, 0.25) is 0 Å². The summed E-state index contributed by atoms with van der Waals surface area (Å²) in [6.07, 6.45) is 1.57. The highest BCUT2D eigenvalue weighted by Gasteiger charge is 2.15. The smallest absolute Gasteiger partial charge is 0.251 e. The van der Waals surface area contributed by atoms with Crippen molar-refractivity contribution in [1.82, 2.24) is 9.88 Å². The molecule has 0 aliphatic heterocycles. The lowest BCUT2D eigenvalue weighted by molar-refractivity contribution is 0.0927. The van der Waals surface area contributed by atoms with Gasteiger partial charge in [0.25, 0.3) is 11.5 Å². The van der Waals surface area contributed by atoms with Gasteiger partial charge in [0.15, 0.2) is 0 Å². The number of nitrogens with two attached hydrogens (primary N) is 1. The molecular formula is C12H19N3O2. The maximum absolute atomic E-state index is 11.9. The Morgan fingerprint density at radius 1 is 1.53 bits per heavy atom. The van der Waals surface area contributed by atoms with Gasteiger partial charge in [0.1, 0.15) is 0 Å². The maximum atomic E-state index is 11.9. The van der Waals surface area contributed by atoms with Gasteiger partial charge < -0.3 is 15.6 Å². The first-order chi connectivity index (χ1) is 7.95. The third-order valence-electron chi connectivity index (χ3n) is 2.74. The summed E-state index contributed by atoms with van der Waals surface area (Å²) in [5, 5.41) is 2.82. The van der Waals surface area contributed by atoms with Crippen LogP contribution in [0.5, 0.6) is 0 Å². The van der Waals surface area contributed by atoms with Crippen LogP contribution in [-0.4, -0.2) is 23.1 Å². The summed E-state index contributed by atoms with van der Waals surface area (Å²) in [4.78, 5) is 23.3. The van der Waals surface area contributed by atoms with E-state index in [1.54, 1.807) is 19.3 Å². The fraction of sp³-hybridized carbons (Fsp3) is 0.500. The van der Waals surface area contributed by atoms with E-state index < -0.39 is 0 Å². The Hall–Kier alpha value is -1.62.